The summed E-state index contributed by atoms with van der Waals surface area (Å²) in [5.41, 5.74) is 0.953. The molecule has 2 heterocycles. The van der Waals surface area contributed by atoms with Gasteiger partial charge in [-0.3, -0.25) is 4.79 Å². The molecule has 1 saturated carbocycles. The van der Waals surface area contributed by atoms with E-state index >= 15 is 0 Å². The van der Waals surface area contributed by atoms with Gasteiger partial charge in [0.1, 0.15) is 0 Å². The van der Waals surface area contributed by atoms with E-state index in [1.54, 1.807) is 6.92 Å². The van der Waals surface area contributed by atoms with Crippen LogP contribution < -0.4 is 5.11 Å². The molecule has 4 atom stereocenters. The molecule has 18 heavy (non-hydrogen) atoms. The average Bonchev–Trinajstić information content (AvgIpc) is 2.60. The topological polar surface area (TPSA) is 80.7 Å². The van der Waals surface area contributed by atoms with Crippen molar-refractivity contribution in [1.82, 2.24) is 4.90 Å². The quantitative estimate of drug-likeness (QED) is 0.664. The first-order chi connectivity index (χ1) is 8.54. The van der Waals surface area contributed by atoms with Crippen LogP contribution in [0.3, 0.4) is 0 Å². The number of aliphatic hydroxyl groups is 1. The second-order valence-corrected chi connectivity index (χ2v) is 5.48. The van der Waals surface area contributed by atoms with Gasteiger partial charge in [-0.25, -0.2) is 0 Å². The number of carboxylic acids is 1. The van der Waals surface area contributed by atoms with Gasteiger partial charge < -0.3 is 19.9 Å². The number of hydrogen-bond donors (Lipinski definition) is 1. The highest BCUT2D eigenvalue weighted by atomic mass is 16.4. The molecule has 0 aromatic carbocycles. The molecule has 1 N–H and O–H groups in total. The monoisotopic (exact) mass is 250 g/mol. The van der Waals surface area contributed by atoms with Gasteiger partial charge >= 0.3 is 0 Å². The highest BCUT2D eigenvalue weighted by molar-refractivity contribution is 5.99. The molecule has 1 saturated heterocycles. The first-order valence-corrected chi connectivity index (χ1v) is 6.49. The standard InChI is InChI=1S/C13H17NO4/c1-6(15)9-10-7-4-2-3-5-8(7)11(13(17)18)14(10)12(9)16/h6-7,9-10,15H,2-5H2,1H3,(H,17,18)/p-1. The molecule has 5 nitrogen and oxygen atoms in total. The lowest BCUT2D eigenvalue weighted by Gasteiger charge is -2.48. The third-order valence-electron chi connectivity index (χ3n) is 4.52. The molecule has 3 rings (SSSR count). The van der Waals surface area contributed by atoms with E-state index in [2.05, 4.69) is 0 Å². The maximum absolute atomic E-state index is 12.0. The Kier molecular flexibility index (Phi) is 2.48. The molecule has 2 aliphatic heterocycles. The van der Waals surface area contributed by atoms with Crippen LogP contribution in [-0.2, 0) is 9.59 Å². The van der Waals surface area contributed by atoms with Crippen molar-refractivity contribution in [3.05, 3.63) is 11.3 Å². The predicted molar refractivity (Wildman–Crippen MR) is 59.8 cm³/mol. The number of β-lactam (4-membered cyclic amide) rings is 1. The van der Waals surface area contributed by atoms with Crippen LogP contribution in [0.25, 0.3) is 0 Å². The molecule has 0 bridgehead atoms. The largest absolute Gasteiger partial charge is 0.543 e. The van der Waals surface area contributed by atoms with E-state index < -0.39 is 18.0 Å². The van der Waals surface area contributed by atoms with E-state index in [1.807, 2.05) is 0 Å². The van der Waals surface area contributed by atoms with Crippen LogP contribution in [0.2, 0.25) is 0 Å². The summed E-state index contributed by atoms with van der Waals surface area (Å²) < 4.78 is 0. The van der Waals surface area contributed by atoms with Gasteiger partial charge in [-0.05, 0) is 31.8 Å². The maximum Gasteiger partial charge on any atom is 0.235 e. The molecule has 4 unspecified atom stereocenters. The molecule has 0 spiro atoms. The van der Waals surface area contributed by atoms with Crippen molar-refractivity contribution >= 4 is 11.9 Å². The Labute approximate surface area is 105 Å². The number of carbonyl (C=O) groups is 2. The SMILES string of the molecule is CC(O)C1C(=O)N2C(C(=O)[O-])=C3CCCCC3C12. The van der Waals surface area contributed by atoms with Gasteiger partial charge in [-0.1, -0.05) is 6.42 Å². The minimum Gasteiger partial charge on any atom is -0.543 e. The first kappa shape index (κ1) is 11.7. The number of fused-ring (bicyclic) bond motifs is 3. The Bertz CT molecular complexity index is 454. The summed E-state index contributed by atoms with van der Waals surface area (Å²) in [4.78, 5) is 24.6. The molecular formula is C13H16NO4-. The first-order valence-electron chi connectivity index (χ1n) is 6.49. The zero-order chi connectivity index (χ0) is 13.0. The van der Waals surface area contributed by atoms with Gasteiger partial charge in [0.25, 0.3) is 0 Å². The lowest BCUT2D eigenvalue weighted by Crippen LogP contribution is -2.64. The van der Waals surface area contributed by atoms with E-state index in [-0.39, 0.29) is 23.6 Å². The normalized spacial score (nSPS) is 36.0. The number of aliphatic hydroxyl groups excluding tert-OH is 1. The van der Waals surface area contributed by atoms with E-state index in [0.29, 0.717) is 0 Å². The highest BCUT2D eigenvalue weighted by Crippen LogP contribution is 2.51. The van der Waals surface area contributed by atoms with Crippen molar-refractivity contribution in [1.29, 1.82) is 0 Å². The van der Waals surface area contributed by atoms with Gasteiger partial charge in [-0.15, -0.1) is 0 Å². The Morgan fingerprint density at radius 1 is 1.50 bits per heavy atom. The summed E-state index contributed by atoms with van der Waals surface area (Å²) in [7, 11) is 0. The van der Waals surface area contributed by atoms with Crippen LogP contribution in [0.4, 0.5) is 0 Å². The van der Waals surface area contributed by atoms with Gasteiger partial charge in [0.15, 0.2) is 0 Å². The molecule has 0 aromatic heterocycles. The molecule has 3 aliphatic rings. The molecule has 98 valence electrons. The van der Waals surface area contributed by atoms with Crippen LogP contribution in [0.15, 0.2) is 11.3 Å². The summed E-state index contributed by atoms with van der Waals surface area (Å²) in [6.45, 7) is 1.60. The highest BCUT2D eigenvalue weighted by Gasteiger charge is 2.59. The van der Waals surface area contributed by atoms with Crippen molar-refractivity contribution < 1.29 is 19.8 Å². The lowest BCUT2D eigenvalue weighted by molar-refractivity contribution is -0.301. The summed E-state index contributed by atoms with van der Waals surface area (Å²) in [6.07, 6.45) is 2.95. The van der Waals surface area contributed by atoms with Crippen LogP contribution in [-0.4, -0.2) is 34.0 Å². The molecule has 1 aliphatic carbocycles. The zero-order valence-electron chi connectivity index (χ0n) is 10.3. The molecule has 0 radical (unpaired) electrons. The number of carbonyl (C=O) groups excluding carboxylic acids is 2. The van der Waals surface area contributed by atoms with Crippen molar-refractivity contribution in [2.45, 2.75) is 44.8 Å². The third-order valence-corrected chi connectivity index (χ3v) is 4.52. The predicted octanol–water partition coefficient (Wildman–Crippen LogP) is -0.598. The number of aliphatic carboxylic acids is 1. The minimum atomic E-state index is -1.25. The van der Waals surface area contributed by atoms with Crippen molar-refractivity contribution in [2.75, 3.05) is 0 Å². The van der Waals surface area contributed by atoms with Gasteiger partial charge in [0.2, 0.25) is 5.91 Å². The Morgan fingerprint density at radius 2 is 2.22 bits per heavy atom. The lowest BCUT2D eigenvalue weighted by atomic mass is 9.72. The zero-order valence-corrected chi connectivity index (χ0v) is 10.3. The average molecular weight is 250 g/mol. The number of hydrogen-bond acceptors (Lipinski definition) is 4. The van der Waals surface area contributed by atoms with Crippen molar-refractivity contribution in [2.24, 2.45) is 11.8 Å². The van der Waals surface area contributed by atoms with E-state index in [0.717, 1.165) is 31.3 Å². The Balaban J connectivity index is 2.00. The molecule has 1 amide bonds. The Morgan fingerprint density at radius 3 is 2.83 bits per heavy atom. The summed E-state index contributed by atoms with van der Waals surface area (Å²) in [5, 5.41) is 20.9. The number of amides is 1. The Hall–Kier alpha value is -1.36. The molecule has 2 fully saturated rings. The van der Waals surface area contributed by atoms with Crippen LogP contribution >= 0.6 is 0 Å². The fourth-order valence-corrected chi connectivity index (χ4v) is 3.81. The van der Waals surface area contributed by atoms with Crippen LogP contribution in [0.5, 0.6) is 0 Å². The van der Waals surface area contributed by atoms with Gasteiger partial charge in [0.05, 0.1) is 29.7 Å². The van der Waals surface area contributed by atoms with E-state index in [9.17, 15) is 19.8 Å². The second kappa shape index (κ2) is 3.82. The molecular weight excluding hydrogens is 234 g/mol. The van der Waals surface area contributed by atoms with Crippen LogP contribution in [0, 0.1) is 11.8 Å². The third kappa shape index (κ3) is 1.31. The smallest absolute Gasteiger partial charge is 0.235 e. The van der Waals surface area contributed by atoms with Crippen molar-refractivity contribution in [3.8, 4) is 0 Å². The van der Waals surface area contributed by atoms with Gasteiger partial charge in [0, 0.05) is 5.92 Å². The molecule has 5 heteroatoms. The molecule has 0 aromatic rings. The fraction of sp³-hybridized carbons (Fsp3) is 0.692. The fourth-order valence-electron chi connectivity index (χ4n) is 3.81. The second-order valence-electron chi connectivity index (χ2n) is 5.48. The summed E-state index contributed by atoms with van der Waals surface area (Å²) >= 11 is 0. The summed E-state index contributed by atoms with van der Waals surface area (Å²) in [6, 6.07) is -0.152. The minimum absolute atomic E-state index is 0.0894. The number of carboxylic acid groups (broad SMARTS) is 1. The van der Waals surface area contributed by atoms with E-state index in [4.69, 9.17) is 0 Å². The summed E-state index contributed by atoms with van der Waals surface area (Å²) in [5.74, 6) is -1.85. The number of rotatable bonds is 2. The maximum atomic E-state index is 12.0. The van der Waals surface area contributed by atoms with Gasteiger partial charge in [-0.2, -0.15) is 0 Å². The van der Waals surface area contributed by atoms with E-state index in [1.165, 1.54) is 4.90 Å². The van der Waals surface area contributed by atoms with Crippen LogP contribution in [0.1, 0.15) is 32.6 Å². The van der Waals surface area contributed by atoms with Crippen molar-refractivity contribution in [3.63, 3.8) is 0 Å². The number of nitrogens with zero attached hydrogens (tertiary/aromatic N) is 1.